The Labute approximate surface area is 123 Å². The normalized spacial score (nSPS) is 21.9. The van der Waals surface area contributed by atoms with Gasteiger partial charge in [-0.25, -0.2) is 9.78 Å². The molecule has 7 nitrogen and oxygen atoms in total. The van der Waals surface area contributed by atoms with Crippen LogP contribution in [0.4, 0.5) is 5.95 Å². The van der Waals surface area contributed by atoms with Crippen LogP contribution in [0.3, 0.4) is 0 Å². The highest BCUT2D eigenvalue weighted by Gasteiger charge is 2.38. The van der Waals surface area contributed by atoms with Crippen LogP contribution < -0.4 is 9.64 Å². The predicted octanol–water partition coefficient (Wildman–Crippen LogP) is 1.25. The summed E-state index contributed by atoms with van der Waals surface area (Å²) in [6.45, 7) is 6.11. The second-order valence-corrected chi connectivity index (χ2v) is 5.41. The van der Waals surface area contributed by atoms with Crippen LogP contribution >= 0.6 is 0 Å². The maximum absolute atomic E-state index is 11.4. The minimum Gasteiger partial charge on any atom is -0.480 e. The van der Waals surface area contributed by atoms with E-state index < -0.39 is 12.0 Å². The number of carbonyl (C=O) groups is 1. The zero-order valence-corrected chi connectivity index (χ0v) is 12.7. The third-order valence-electron chi connectivity index (χ3n) is 3.31. The van der Waals surface area contributed by atoms with E-state index in [4.69, 9.17) is 9.47 Å². The second-order valence-electron chi connectivity index (χ2n) is 5.41. The summed E-state index contributed by atoms with van der Waals surface area (Å²) < 4.78 is 10.9. The first-order valence-electron chi connectivity index (χ1n) is 6.95. The van der Waals surface area contributed by atoms with Gasteiger partial charge < -0.3 is 19.5 Å². The van der Waals surface area contributed by atoms with Crippen LogP contribution in [-0.2, 0) is 9.53 Å². The van der Waals surface area contributed by atoms with E-state index in [-0.39, 0.29) is 12.2 Å². The number of hydrogen-bond donors (Lipinski definition) is 1. The Morgan fingerprint density at radius 3 is 2.76 bits per heavy atom. The quantitative estimate of drug-likeness (QED) is 0.875. The van der Waals surface area contributed by atoms with Gasteiger partial charge in [-0.3, -0.25) is 0 Å². The Kier molecular flexibility index (Phi) is 4.62. The van der Waals surface area contributed by atoms with E-state index in [0.29, 0.717) is 24.8 Å². The van der Waals surface area contributed by atoms with E-state index >= 15 is 0 Å². The highest BCUT2D eigenvalue weighted by Crippen LogP contribution is 2.26. The number of nitrogens with zero attached hydrogens (tertiary/aromatic N) is 3. The Balaban J connectivity index is 2.30. The minimum absolute atomic E-state index is 0.00674. The molecular weight excluding hydrogens is 274 g/mol. The van der Waals surface area contributed by atoms with Crippen molar-refractivity contribution in [2.75, 3.05) is 18.6 Å². The fourth-order valence-electron chi connectivity index (χ4n) is 2.38. The predicted molar refractivity (Wildman–Crippen MR) is 76.7 cm³/mol. The lowest BCUT2D eigenvalue weighted by atomic mass is 10.2. The number of aliphatic carboxylic acids is 1. The number of methoxy groups -OCH3 is 1. The molecule has 0 radical (unpaired) electrons. The number of anilines is 1. The average molecular weight is 295 g/mol. The van der Waals surface area contributed by atoms with Gasteiger partial charge in [-0.15, -0.1) is 0 Å². The van der Waals surface area contributed by atoms with E-state index in [2.05, 4.69) is 9.97 Å². The smallest absolute Gasteiger partial charge is 0.326 e. The van der Waals surface area contributed by atoms with Crippen molar-refractivity contribution in [3.8, 4) is 5.88 Å². The van der Waals surface area contributed by atoms with Crippen molar-refractivity contribution in [2.45, 2.75) is 45.4 Å². The number of carboxylic acids is 1. The van der Waals surface area contributed by atoms with Crippen LogP contribution in [0.15, 0.2) is 6.07 Å². The van der Waals surface area contributed by atoms with Crippen LogP contribution in [-0.4, -0.2) is 52.9 Å². The third-order valence-corrected chi connectivity index (χ3v) is 3.31. The van der Waals surface area contributed by atoms with Gasteiger partial charge in [-0.05, 0) is 20.8 Å². The first-order chi connectivity index (χ1) is 9.90. The molecule has 2 heterocycles. The van der Waals surface area contributed by atoms with Gasteiger partial charge in [0.1, 0.15) is 6.04 Å². The summed E-state index contributed by atoms with van der Waals surface area (Å²) in [7, 11) is 1.58. The number of ether oxygens (including phenoxy) is 2. The first-order valence-corrected chi connectivity index (χ1v) is 6.95. The number of aromatic nitrogens is 2. The molecule has 1 N–H and O–H groups in total. The number of rotatable bonds is 5. The molecule has 1 saturated heterocycles. The van der Waals surface area contributed by atoms with Gasteiger partial charge in [0.2, 0.25) is 11.8 Å². The minimum atomic E-state index is -0.897. The lowest BCUT2D eigenvalue weighted by Gasteiger charge is -2.22. The van der Waals surface area contributed by atoms with Crippen molar-refractivity contribution in [3.05, 3.63) is 11.8 Å². The van der Waals surface area contributed by atoms with Crippen LogP contribution in [0.2, 0.25) is 0 Å². The van der Waals surface area contributed by atoms with Crippen molar-refractivity contribution in [2.24, 2.45) is 0 Å². The highest BCUT2D eigenvalue weighted by atomic mass is 16.5. The van der Waals surface area contributed by atoms with Gasteiger partial charge in [0.15, 0.2) is 0 Å². The maximum atomic E-state index is 11.4. The molecule has 1 aromatic rings. The Bertz CT molecular complexity index is 521. The maximum Gasteiger partial charge on any atom is 0.326 e. The van der Waals surface area contributed by atoms with Gasteiger partial charge in [-0.1, -0.05) is 0 Å². The summed E-state index contributed by atoms with van der Waals surface area (Å²) >= 11 is 0. The SMILES string of the molecule is COC1CC(C(=O)O)N(c2nc(C)cc(OC(C)C)n2)C1. The standard InChI is InChI=1S/C14H21N3O4/c1-8(2)21-12-5-9(3)15-14(16-12)17-7-10(20-4)6-11(17)13(18)19/h5,8,10-11H,6-7H2,1-4H3,(H,18,19). The van der Waals surface area contributed by atoms with Crippen LogP contribution in [0.1, 0.15) is 26.0 Å². The molecular formula is C14H21N3O4. The molecule has 1 aromatic heterocycles. The summed E-state index contributed by atoms with van der Waals surface area (Å²) in [4.78, 5) is 21.7. The van der Waals surface area contributed by atoms with Crippen molar-refractivity contribution in [1.29, 1.82) is 0 Å². The molecule has 0 bridgehead atoms. The van der Waals surface area contributed by atoms with Crippen LogP contribution in [0.5, 0.6) is 5.88 Å². The molecule has 0 amide bonds. The molecule has 2 unspecified atom stereocenters. The van der Waals surface area contributed by atoms with Crippen molar-refractivity contribution in [3.63, 3.8) is 0 Å². The van der Waals surface area contributed by atoms with Crippen molar-refractivity contribution < 1.29 is 19.4 Å². The van der Waals surface area contributed by atoms with E-state index in [1.807, 2.05) is 20.8 Å². The van der Waals surface area contributed by atoms with E-state index in [9.17, 15) is 9.90 Å². The molecule has 116 valence electrons. The van der Waals surface area contributed by atoms with Crippen LogP contribution in [0, 0.1) is 6.92 Å². The molecule has 1 aliphatic rings. The number of aryl methyl sites for hydroxylation is 1. The second kappa shape index (κ2) is 6.26. The molecule has 2 rings (SSSR count). The zero-order chi connectivity index (χ0) is 15.6. The lowest BCUT2D eigenvalue weighted by Crippen LogP contribution is -2.37. The van der Waals surface area contributed by atoms with Gasteiger partial charge >= 0.3 is 5.97 Å². The summed E-state index contributed by atoms with van der Waals surface area (Å²) in [6, 6.07) is 1.06. The van der Waals surface area contributed by atoms with Crippen molar-refractivity contribution >= 4 is 11.9 Å². The molecule has 0 aromatic carbocycles. The zero-order valence-electron chi connectivity index (χ0n) is 12.7. The molecule has 2 atom stereocenters. The van der Waals surface area contributed by atoms with E-state index in [1.54, 1.807) is 18.1 Å². The Morgan fingerprint density at radius 2 is 2.19 bits per heavy atom. The molecule has 1 fully saturated rings. The Morgan fingerprint density at radius 1 is 1.48 bits per heavy atom. The molecule has 21 heavy (non-hydrogen) atoms. The largest absolute Gasteiger partial charge is 0.480 e. The van der Waals surface area contributed by atoms with E-state index in [0.717, 1.165) is 5.69 Å². The number of carboxylic acid groups (broad SMARTS) is 1. The first kappa shape index (κ1) is 15.5. The summed E-state index contributed by atoms with van der Waals surface area (Å²) in [5.41, 5.74) is 0.737. The van der Waals surface area contributed by atoms with Gasteiger partial charge in [0.25, 0.3) is 0 Å². The third kappa shape index (κ3) is 3.60. The van der Waals surface area contributed by atoms with Gasteiger partial charge in [0.05, 0.1) is 12.2 Å². The lowest BCUT2D eigenvalue weighted by molar-refractivity contribution is -0.138. The summed E-state index contributed by atoms with van der Waals surface area (Å²) in [6.07, 6.45) is 0.279. The average Bonchev–Trinajstić information content (AvgIpc) is 2.81. The molecule has 0 aliphatic carbocycles. The Hall–Kier alpha value is -1.89. The fraction of sp³-hybridized carbons (Fsp3) is 0.643. The van der Waals surface area contributed by atoms with Gasteiger partial charge in [0, 0.05) is 31.8 Å². The number of hydrogen-bond acceptors (Lipinski definition) is 6. The van der Waals surface area contributed by atoms with E-state index in [1.165, 1.54) is 0 Å². The molecule has 1 aliphatic heterocycles. The van der Waals surface area contributed by atoms with Gasteiger partial charge in [-0.2, -0.15) is 4.98 Å². The summed E-state index contributed by atoms with van der Waals surface area (Å²) in [5.74, 6) is -0.0684. The molecule has 7 heteroatoms. The van der Waals surface area contributed by atoms with Crippen LogP contribution in [0.25, 0.3) is 0 Å². The topological polar surface area (TPSA) is 84.8 Å². The van der Waals surface area contributed by atoms with Crippen molar-refractivity contribution in [1.82, 2.24) is 9.97 Å². The monoisotopic (exact) mass is 295 g/mol. The molecule has 0 saturated carbocycles. The highest BCUT2D eigenvalue weighted by molar-refractivity contribution is 5.78. The summed E-state index contributed by atoms with van der Waals surface area (Å²) in [5, 5.41) is 9.36. The fourth-order valence-corrected chi connectivity index (χ4v) is 2.38. The molecule has 0 spiro atoms.